The molecule has 0 radical (unpaired) electrons. The summed E-state index contributed by atoms with van der Waals surface area (Å²) in [5.74, 6) is -1.02. The van der Waals surface area contributed by atoms with Crippen molar-refractivity contribution in [2.24, 2.45) is 0 Å². The molecule has 2 N–H and O–H groups in total. The first-order chi connectivity index (χ1) is 14.0. The van der Waals surface area contributed by atoms with E-state index in [1.807, 2.05) is 6.08 Å². The Hall–Kier alpha value is -2.94. The lowest BCUT2D eigenvalue weighted by Gasteiger charge is -2.09. The number of hydrogen-bond acceptors (Lipinski definition) is 5. The Bertz CT molecular complexity index is 1140. The van der Waals surface area contributed by atoms with Crippen LogP contribution in [0, 0.1) is 5.82 Å². The van der Waals surface area contributed by atoms with Crippen molar-refractivity contribution in [1.82, 2.24) is 15.4 Å². The van der Waals surface area contributed by atoms with Gasteiger partial charge in [-0.1, -0.05) is 23.7 Å². The summed E-state index contributed by atoms with van der Waals surface area (Å²) in [6.07, 6.45) is 3.02. The minimum Gasteiger partial charge on any atom is -0.348 e. The first kappa shape index (κ1) is 19.4. The van der Waals surface area contributed by atoms with Crippen LogP contribution in [0.1, 0.15) is 15.2 Å². The molecule has 1 aromatic carbocycles. The average molecular weight is 432 g/mol. The summed E-state index contributed by atoms with van der Waals surface area (Å²) < 4.78 is 15.3. The van der Waals surface area contributed by atoms with Crippen molar-refractivity contribution in [2.45, 2.75) is 6.10 Å². The lowest BCUT2D eigenvalue weighted by molar-refractivity contribution is 0.0499. The first-order valence-electron chi connectivity index (χ1n) is 8.66. The molecular weight excluding hydrogens is 417 g/mol. The third-order valence-electron chi connectivity index (χ3n) is 4.29. The zero-order valence-corrected chi connectivity index (χ0v) is 16.5. The molecule has 9 heteroatoms. The standard InChI is InChI=1S/C20H15ClFN3O3S/c21-18-8-7-17(29-18)19(26)23-11-14-10-16(24-28-14)12-3-5-13(6-4-12)25-9-1-2-15(22)20(25)27/h1-10,14,24H,11H2,(H,23,26). The molecule has 6 nitrogen and oxygen atoms in total. The number of halogens is 2. The molecule has 3 heterocycles. The Balaban J connectivity index is 1.42. The van der Waals surface area contributed by atoms with E-state index in [2.05, 4.69) is 10.8 Å². The van der Waals surface area contributed by atoms with Crippen LogP contribution in [0.4, 0.5) is 4.39 Å². The van der Waals surface area contributed by atoms with Crippen molar-refractivity contribution >= 4 is 34.5 Å². The average Bonchev–Trinajstić information content (AvgIpc) is 3.38. The van der Waals surface area contributed by atoms with E-state index >= 15 is 0 Å². The fraction of sp³-hybridized carbons (Fsp3) is 0.100. The Morgan fingerprint density at radius 2 is 2.03 bits per heavy atom. The number of aromatic nitrogens is 1. The lowest BCUT2D eigenvalue weighted by atomic mass is 10.1. The number of carbonyl (C=O) groups excluding carboxylic acids is 1. The van der Waals surface area contributed by atoms with E-state index < -0.39 is 11.4 Å². The number of benzene rings is 1. The number of amides is 1. The van der Waals surface area contributed by atoms with Crippen LogP contribution in [-0.2, 0) is 4.84 Å². The van der Waals surface area contributed by atoms with E-state index in [-0.39, 0.29) is 12.0 Å². The Morgan fingerprint density at radius 3 is 2.76 bits per heavy atom. The van der Waals surface area contributed by atoms with Gasteiger partial charge in [-0.25, -0.2) is 4.39 Å². The van der Waals surface area contributed by atoms with Gasteiger partial charge >= 0.3 is 0 Å². The molecule has 0 saturated heterocycles. The van der Waals surface area contributed by atoms with Crippen molar-refractivity contribution in [3.05, 3.63) is 91.8 Å². The molecule has 0 saturated carbocycles. The summed E-state index contributed by atoms with van der Waals surface area (Å²) in [6, 6.07) is 13.0. The molecule has 0 spiro atoms. The highest BCUT2D eigenvalue weighted by Crippen LogP contribution is 2.22. The van der Waals surface area contributed by atoms with Crippen molar-refractivity contribution in [3.8, 4) is 5.69 Å². The highest BCUT2D eigenvalue weighted by molar-refractivity contribution is 7.17. The number of nitrogens with one attached hydrogen (secondary N) is 2. The Labute approximate surface area is 174 Å². The molecule has 4 rings (SSSR count). The molecule has 0 aliphatic carbocycles. The summed E-state index contributed by atoms with van der Waals surface area (Å²) in [7, 11) is 0. The smallest absolute Gasteiger partial charge is 0.291 e. The number of hydrogen-bond donors (Lipinski definition) is 2. The molecule has 148 valence electrons. The molecule has 1 amide bonds. The molecule has 1 aliphatic rings. The molecule has 0 fully saturated rings. The van der Waals surface area contributed by atoms with Gasteiger partial charge in [-0.15, -0.1) is 11.3 Å². The molecule has 29 heavy (non-hydrogen) atoms. The van der Waals surface area contributed by atoms with Crippen molar-refractivity contribution < 1.29 is 14.0 Å². The third-order valence-corrected chi connectivity index (χ3v) is 5.52. The lowest BCUT2D eigenvalue weighted by Crippen LogP contribution is -2.31. The van der Waals surface area contributed by atoms with E-state index in [1.54, 1.807) is 36.4 Å². The van der Waals surface area contributed by atoms with E-state index in [0.29, 0.717) is 21.4 Å². The second-order valence-corrected chi connectivity index (χ2v) is 7.95. The summed E-state index contributed by atoms with van der Waals surface area (Å²) in [5.41, 5.74) is 4.25. The normalized spacial score (nSPS) is 15.7. The van der Waals surface area contributed by atoms with Gasteiger partial charge in [0.25, 0.3) is 11.5 Å². The number of pyridine rings is 1. The zero-order chi connectivity index (χ0) is 20.4. The van der Waals surface area contributed by atoms with E-state index in [0.717, 1.165) is 17.3 Å². The predicted molar refractivity (Wildman–Crippen MR) is 110 cm³/mol. The summed E-state index contributed by atoms with van der Waals surface area (Å²) in [6.45, 7) is 0.293. The molecule has 2 aromatic heterocycles. The van der Waals surface area contributed by atoms with Crippen molar-refractivity contribution in [3.63, 3.8) is 0 Å². The minimum absolute atomic E-state index is 0.211. The van der Waals surface area contributed by atoms with Gasteiger partial charge < -0.3 is 5.32 Å². The number of rotatable bonds is 5. The second kappa shape index (κ2) is 8.20. The highest BCUT2D eigenvalue weighted by atomic mass is 35.5. The molecule has 3 aromatic rings. The quantitative estimate of drug-likeness (QED) is 0.649. The van der Waals surface area contributed by atoms with Crippen molar-refractivity contribution in [1.29, 1.82) is 0 Å². The predicted octanol–water partition coefficient (Wildman–Crippen LogP) is 3.37. The first-order valence-corrected chi connectivity index (χ1v) is 9.86. The summed E-state index contributed by atoms with van der Waals surface area (Å²) in [4.78, 5) is 30.0. The van der Waals surface area contributed by atoms with Crippen LogP contribution in [0.25, 0.3) is 11.4 Å². The molecule has 0 bridgehead atoms. The Morgan fingerprint density at radius 1 is 1.24 bits per heavy atom. The fourth-order valence-corrected chi connectivity index (χ4v) is 3.80. The van der Waals surface area contributed by atoms with Crippen LogP contribution in [0.2, 0.25) is 4.34 Å². The van der Waals surface area contributed by atoms with E-state index in [4.69, 9.17) is 16.4 Å². The monoisotopic (exact) mass is 431 g/mol. The number of hydroxylamine groups is 1. The van der Waals surface area contributed by atoms with Crippen LogP contribution in [0.5, 0.6) is 0 Å². The number of thiophene rings is 1. The molecule has 1 unspecified atom stereocenters. The maximum atomic E-state index is 13.5. The third kappa shape index (κ3) is 4.24. The van der Waals surface area contributed by atoms with Gasteiger partial charge in [-0.05, 0) is 48.0 Å². The maximum Gasteiger partial charge on any atom is 0.291 e. The van der Waals surface area contributed by atoms with Crippen LogP contribution in [0.3, 0.4) is 0 Å². The van der Waals surface area contributed by atoms with Crippen molar-refractivity contribution in [2.75, 3.05) is 6.54 Å². The SMILES string of the molecule is O=C(NCC1C=C(c2ccc(-n3cccc(F)c3=O)cc2)NO1)c1ccc(Cl)s1. The van der Waals surface area contributed by atoms with Crippen LogP contribution in [-0.4, -0.2) is 23.1 Å². The van der Waals surface area contributed by atoms with Gasteiger partial charge in [-0.2, -0.15) is 0 Å². The highest BCUT2D eigenvalue weighted by Gasteiger charge is 2.19. The van der Waals surface area contributed by atoms with Crippen LogP contribution in [0.15, 0.2) is 65.6 Å². The second-order valence-electron chi connectivity index (χ2n) is 6.23. The molecule has 1 atom stereocenters. The van der Waals surface area contributed by atoms with E-state index in [9.17, 15) is 14.0 Å². The van der Waals surface area contributed by atoms with Gasteiger partial charge in [0.15, 0.2) is 5.82 Å². The summed E-state index contributed by atoms with van der Waals surface area (Å²) in [5, 5.41) is 2.80. The van der Waals surface area contributed by atoms with E-state index in [1.165, 1.54) is 28.2 Å². The largest absolute Gasteiger partial charge is 0.348 e. The number of nitrogens with zero attached hydrogens (tertiary/aromatic N) is 1. The van der Waals surface area contributed by atoms with Gasteiger partial charge in [0.05, 0.1) is 21.5 Å². The van der Waals surface area contributed by atoms with Gasteiger partial charge in [0.1, 0.15) is 6.10 Å². The van der Waals surface area contributed by atoms with Crippen LogP contribution < -0.4 is 16.4 Å². The molecular formula is C20H15ClFN3O3S. The van der Waals surface area contributed by atoms with Gasteiger partial charge in [0.2, 0.25) is 0 Å². The maximum absolute atomic E-state index is 13.5. The minimum atomic E-state index is -0.806. The van der Waals surface area contributed by atoms with Gasteiger partial charge in [-0.3, -0.25) is 24.5 Å². The van der Waals surface area contributed by atoms with Crippen LogP contribution >= 0.6 is 22.9 Å². The Kier molecular flexibility index (Phi) is 5.48. The zero-order valence-electron chi connectivity index (χ0n) is 14.9. The topological polar surface area (TPSA) is 72.4 Å². The fourth-order valence-electron chi connectivity index (χ4n) is 2.84. The number of carbonyl (C=O) groups is 1. The summed E-state index contributed by atoms with van der Waals surface area (Å²) >= 11 is 7.05. The van der Waals surface area contributed by atoms with Gasteiger partial charge in [0, 0.05) is 11.9 Å². The molecule has 1 aliphatic heterocycles.